The molecule has 1 aliphatic heterocycles. The molecule has 1 aromatic rings. The summed E-state index contributed by atoms with van der Waals surface area (Å²) >= 11 is 5.78. The molecule has 0 saturated carbocycles. The Morgan fingerprint density at radius 3 is 2.69 bits per heavy atom. The lowest BCUT2D eigenvalue weighted by molar-refractivity contribution is 0.210. The van der Waals surface area contributed by atoms with Gasteiger partial charge >= 0.3 is 6.03 Å². The molecule has 4 heteroatoms. The summed E-state index contributed by atoms with van der Waals surface area (Å²) < 4.78 is 0. The van der Waals surface area contributed by atoms with Crippen LogP contribution < -0.4 is 5.32 Å². The summed E-state index contributed by atoms with van der Waals surface area (Å²) in [6.07, 6.45) is 2.18. The molecule has 16 heavy (non-hydrogen) atoms. The van der Waals surface area contributed by atoms with Gasteiger partial charge < -0.3 is 10.2 Å². The molecular weight excluding hydrogens is 224 g/mol. The fourth-order valence-electron chi connectivity index (χ4n) is 1.96. The van der Waals surface area contributed by atoms with Gasteiger partial charge in [-0.3, -0.25) is 0 Å². The summed E-state index contributed by atoms with van der Waals surface area (Å²) in [5.74, 6) is 0. The molecule has 0 spiro atoms. The van der Waals surface area contributed by atoms with Gasteiger partial charge in [0.2, 0.25) is 0 Å². The second kappa shape index (κ2) is 4.74. The van der Waals surface area contributed by atoms with Crippen LogP contribution in [-0.4, -0.2) is 23.5 Å². The van der Waals surface area contributed by atoms with Crippen molar-refractivity contribution in [3.8, 4) is 0 Å². The zero-order chi connectivity index (χ0) is 11.5. The molecule has 0 aromatic heterocycles. The van der Waals surface area contributed by atoms with Gasteiger partial charge in [-0.2, -0.15) is 0 Å². The highest BCUT2D eigenvalue weighted by atomic mass is 35.5. The Bertz CT molecular complexity index is 377. The SMILES string of the molecule is CC1CCCN1C(=O)Nc1ccc(Cl)cc1. The minimum Gasteiger partial charge on any atom is -0.322 e. The lowest BCUT2D eigenvalue weighted by atomic mass is 10.2. The third kappa shape index (κ3) is 2.47. The number of halogens is 1. The van der Waals surface area contributed by atoms with E-state index in [0.717, 1.165) is 25.1 Å². The zero-order valence-corrected chi connectivity index (χ0v) is 10.00. The van der Waals surface area contributed by atoms with Gasteiger partial charge in [0.25, 0.3) is 0 Å². The maximum absolute atomic E-state index is 11.9. The third-order valence-corrected chi connectivity index (χ3v) is 3.16. The minimum absolute atomic E-state index is 0.0210. The van der Waals surface area contributed by atoms with E-state index in [1.807, 2.05) is 4.90 Å². The molecule has 2 rings (SSSR count). The average molecular weight is 239 g/mol. The smallest absolute Gasteiger partial charge is 0.322 e. The van der Waals surface area contributed by atoms with Crippen molar-refractivity contribution in [2.75, 3.05) is 11.9 Å². The van der Waals surface area contributed by atoms with Crippen molar-refractivity contribution in [1.29, 1.82) is 0 Å². The van der Waals surface area contributed by atoms with Crippen LogP contribution in [0.1, 0.15) is 19.8 Å². The van der Waals surface area contributed by atoms with Gasteiger partial charge in [0.1, 0.15) is 0 Å². The Hall–Kier alpha value is -1.22. The Morgan fingerprint density at radius 1 is 1.44 bits per heavy atom. The number of hydrogen-bond donors (Lipinski definition) is 1. The van der Waals surface area contributed by atoms with Gasteiger partial charge in [-0.05, 0) is 44.0 Å². The summed E-state index contributed by atoms with van der Waals surface area (Å²) in [7, 11) is 0. The molecule has 1 aromatic carbocycles. The normalized spacial score (nSPS) is 19.9. The number of nitrogens with zero attached hydrogens (tertiary/aromatic N) is 1. The van der Waals surface area contributed by atoms with Crippen LogP contribution in [0.5, 0.6) is 0 Å². The van der Waals surface area contributed by atoms with Crippen molar-refractivity contribution in [2.24, 2.45) is 0 Å². The van der Waals surface area contributed by atoms with Gasteiger partial charge in [0.15, 0.2) is 0 Å². The number of amides is 2. The summed E-state index contributed by atoms with van der Waals surface area (Å²) in [5.41, 5.74) is 0.786. The van der Waals surface area contributed by atoms with Crippen LogP contribution >= 0.6 is 11.6 Å². The Labute approximate surface area is 100 Å². The number of anilines is 1. The van der Waals surface area contributed by atoms with Crippen LogP contribution in [0.15, 0.2) is 24.3 Å². The lowest BCUT2D eigenvalue weighted by Gasteiger charge is -2.21. The number of benzene rings is 1. The predicted octanol–water partition coefficient (Wildman–Crippen LogP) is 3.36. The molecule has 3 nitrogen and oxygen atoms in total. The van der Waals surface area contributed by atoms with E-state index in [0.29, 0.717) is 11.1 Å². The molecule has 0 aliphatic carbocycles. The molecule has 0 radical (unpaired) electrons. The van der Waals surface area contributed by atoms with Crippen LogP contribution in [0.4, 0.5) is 10.5 Å². The highest BCUT2D eigenvalue weighted by Crippen LogP contribution is 2.19. The van der Waals surface area contributed by atoms with E-state index in [1.165, 1.54) is 0 Å². The quantitative estimate of drug-likeness (QED) is 0.800. The van der Waals surface area contributed by atoms with E-state index >= 15 is 0 Å². The summed E-state index contributed by atoms with van der Waals surface area (Å²) in [6, 6.07) is 7.47. The molecule has 1 unspecified atom stereocenters. The molecule has 1 heterocycles. The van der Waals surface area contributed by atoms with Crippen molar-refractivity contribution in [3.63, 3.8) is 0 Å². The topological polar surface area (TPSA) is 32.3 Å². The maximum atomic E-state index is 11.9. The fraction of sp³-hybridized carbons (Fsp3) is 0.417. The Kier molecular flexibility index (Phi) is 3.34. The molecular formula is C12H15ClN2O. The van der Waals surface area contributed by atoms with E-state index in [9.17, 15) is 4.79 Å². The second-order valence-corrected chi connectivity index (χ2v) is 4.56. The first kappa shape index (κ1) is 11.3. The summed E-state index contributed by atoms with van der Waals surface area (Å²) in [6.45, 7) is 2.93. The van der Waals surface area contributed by atoms with Crippen LogP contribution in [-0.2, 0) is 0 Å². The number of likely N-dealkylation sites (tertiary alicyclic amines) is 1. The van der Waals surface area contributed by atoms with E-state index in [-0.39, 0.29) is 6.03 Å². The highest BCUT2D eigenvalue weighted by Gasteiger charge is 2.24. The number of rotatable bonds is 1. The van der Waals surface area contributed by atoms with Crippen molar-refractivity contribution < 1.29 is 4.79 Å². The molecule has 1 atom stereocenters. The van der Waals surface area contributed by atoms with Crippen molar-refractivity contribution >= 4 is 23.3 Å². The first-order valence-corrected chi connectivity index (χ1v) is 5.88. The first-order valence-electron chi connectivity index (χ1n) is 5.50. The van der Waals surface area contributed by atoms with Gasteiger partial charge in [-0.1, -0.05) is 11.6 Å². The standard InChI is InChI=1S/C12H15ClN2O/c1-9-3-2-8-15(9)12(16)14-11-6-4-10(13)5-7-11/h4-7,9H,2-3,8H2,1H3,(H,14,16). The number of carbonyl (C=O) groups is 1. The second-order valence-electron chi connectivity index (χ2n) is 4.12. The van der Waals surface area contributed by atoms with Crippen molar-refractivity contribution in [2.45, 2.75) is 25.8 Å². The monoisotopic (exact) mass is 238 g/mol. The molecule has 1 N–H and O–H groups in total. The van der Waals surface area contributed by atoms with Crippen LogP contribution in [0.25, 0.3) is 0 Å². The molecule has 1 aliphatic rings. The Balaban J connectivity index is 1.99. The molecule has 86 valence electrons. The third-order valence-electron chi connectivity index (χ3n) is 2.91. The maximum Gasteiger partial charge on any atom is 0.322 e. The van der Waals surface area contributed by atoms with Gasteiger partial charge in [-0.25, -0.2) is 4.79 Å². The minimum atomic E-state index is -0.0210. The molecule has 1 saturated heterocycles. The fourth-order valence-corrected chi connectivity index (χ4v) is 2.09. The predicted molar refractivity (Wildman–Crippen MR) is 65.9 cm³/mol. The largest absolute Gasteiger partial charge is 0.322 e. The van der Waals surface area contributed by atoms with Crippen molar-refractivity contribution in [3.05, 3.63) is 29.3 Å². The van der Waals surface area contributed by atoms with E-state index in [4.69, 9.17) is 11.6 Å². The van der Waals surface area contributed by atoms with Gasteiger partial charge in [-0.15, -0.1) is 0 Å². The highest BCUT2D eigenvalue weighted by molar-refractivity contribution is 6.30. The first-order chi connectivity index (χ1) is 7.66. The van der Waals surface area contributed by atoms with E-state index < -0.39 is 0 Å². The van der Waals surface area contributed by atoms with E-state index in [1.54, 1.807) is 24.3 Å². The Morgan fingerprint density at radius 2 is 2.12 bits per heavy atom. The van der Waals surface area contributed by atoms with E-state index in [2.05, 4.69) is 12.2 Å². The summed E-state index contributed by atoms with van der Waals surface area (Å²) in [4.78, 5) is 13.8. The van der Waals surface area contributed by atoms with Gasteiger partial charge in [0, 0.05) is 23.3 Å². The van der Waals surface area contributed by atoms with Crippen LogP contribution in [0, 0.1) is 0 Å². The van der Waals surface area contributed by atoms with Crippen LogP contribution in [0.2, 0.25) is 5.02 Å². The number of hydrogen-bond acceptors (Lipinski definition) is 1. The number of urea groups is 1. The molecule has 0 bridgehead atoms. The van der Waals surface area contributed by atoms with Crippen molar-refractivity contribution in [1.82, 2.24) is 4.90 Å². The molecule has 1 fully saturated rings. The number of carbonyl (C=O) groups excluding carboxylic acids is 1. The zero-order valence-electron chi connectivity index (χ0n) is 9.24. The molecule has 2 amide bonds. The van der Waals surface area contributed by atoms with Crippen LogP contribution in [0.3, 0.4) is 0 Å². The number of nitrogens with one attached hydrogen (secondary N) is 1. The summed E-state index contributed by atoms with van der Waals surface area (Å²) in [5, 5.41) is 3.54. The average Bonchev–Trinajstić information content (AvgIpc) is 2.68. The lowest BCUT2D eigenvalue weighted by Crippen LogP contribution is -2.37. The van der Waals surface area contributed by atoms with Gasteiger partial charge in [0.05, 0.1) is 0 Å².